The van der Waals surface area contributed by atoms with Gasteiger partial charge in [-0.05, 0) is 53.6 Å². The summed E-state index contributed by atoms with van der Waals surface area (Å²) in [4.78, 5) is 0. The lowest BCUT2D eigenvalue weighted by molar-refractivity contribution is 1.62. The number of hydrogen-bond donors (Lipinski definition) is 0. The molecule has 102 valence electrons. The zero-order valence-corrected chi connectivity index (χ0v) is 14.9. The Morgan fingerprint density at radius 2 is 1.29 bits per heavy atom. The van der Waals surface area contributed by atoms with E-state index in [1.165, 1.54) is 31.3 Å². The zero-order valence-electron chi connectivity index (χ0n) is 10.9. The first-order chi connectivity index (χ1) is 10.2. The van der Waals surface area contributed by atoms with Crippen molar-refractivity contribution in [2.24, 2.45) is 0 Å². The van der Waals surface area contributed by atoms with Crippen LogP contribution in [0.15, 0.2) is 69.6 Å². The van der Waals surface area contributed by atoms with Gasteiger partial charge in [-0.25, -0.2) is 0 Å². The fraction of sp³-hybridized carbons (Fsp3) is 0. The Kier molecular flexibility index (Phi) is 3.37. The van der Waals surface area contributed by atoms with Gasteiger partial charge in [-0.3, -0.25) is 0 Å². The third-order valence-electron chi connectivity index (χ3n) is 3.59. The molecule has 0 amide bonds. The first-order valence-electron chi connectivity index (χ1n) is 6.58. The molecular formula is C18H10Br2S. The Bertz CT molecular complexity index is 969. The highest BCUT2D eigenvalue weighted by Crippen LogP contribution is 2.37. The second kappa shape index (κ2) is 5.24. The van der Waals surface area contributed by atoms with Crippen LogP contribution in [0.25, 0.3) is 31.3 Å². The molecule has 0 saturated heterocycles. The lowest BCUT2D eigenvalue weighted by Crippen LogP contribution is -1.77. The average Bonchev–Trinajstić information content (AvgIpc) is 2.84. The van der Waals surface area contributed by atoms with E-state index in [-0.39, 0.29) is 0 Å². The van der Waals surface area contributed by atoms with Gasteiger partial charge in [0.15, 0.2) is 0 Å². The quantitative estimate of drug-likeness (QED) is 0.306. The SMILES string of the molecule is Brc1cccc(-c2ccc3sc4ccc(Br)cc4c3c2)c1. The maximum absolute atomic E-state index is 3.57. The summed E-state index contributed by atoms with van der Waals surface area (Å²) in [6.07, 6.45) is 0. The van der Waals surface area contributed by atoms with Gasteiger partial charge in [0.05, 0.1) is 0 Å². The minimum Gasteiger partial charge on any atom is -0.135 e. The number of fused-ring (bicyclic) bond motifs is 3. The van der Waals surface area contributed by atoms with Gasteiger partial charge in [-0.2, -0.15) is 0 Å². The van der Waals surface area contributed by atoms with Crippen molar-refractivity contribution in [1.82, 2.24) is 0 Å². The third kappa shape index (κ3) is 2.44. The summed E-state index contributed by atoms with van der Waals surface area (Å²) in [5.41, 5.74) is 2.49. The summed E-state index contributed by atoms with van der Waals surface area (Å²) in [5, 5.41) is 2.65. The minimum absolute atomic E-state index is 1.11. The van der Waals surface area contributed by atoms with Gasteiger partial charge in [0.1, 0.15) is 0 Å². The number of benzene rings is 3. The Morgan fingerprint density at radius 3 is 2.10 bits per heavy atom. The number of hydrogen-bond acceptors (Lipinski definition) is 1. The molecule has 0 unspecified atom stereocenters. The molecule has 0 fully saturated rings. The molecule has 1 aromatic heterocycles. The maximum Gasteiger partial charge on any atom is 0.0356 e. The number of rotatable bonds is 1. The second-order valence-electron chi connectivity index (χ2n) is 4.96. The Balaban J connectivity index is 2.00. The van der Waals surface area contributed by atoms with Crippen LogP contribution in [0, 0.1) is 0 Å². The van der Waals surface area contributed by atoms with Crippen molar-refractivity contribution in [3.05, 3.63) is 69.6 Å². The maximum atomic E-state index is 3.57. The smallest absolute Gasteiger partial charge is 0.0356 e. The van der Waals surface area contributed by atoms with E-state index in [9.17, 15) is 0 Å². The molecule has 0 spiro atoms. The van der Waals surface area contributed by atoms with Crippen LogP contribution in [-0.2, 0) is 0 Å². The largest absolute Gasteiger partial charge is 0.135 e. The molecule has 4 aromatic rings. The summed E-state index contributed by atoms with van der Waals surface area (Å²) in [6, 6.07) is 21.7. The van der Waals surface area contributed by atoms with E-state index in [0.717, 1.165) is 8.95 Å². The van der Waals surface area contributed by atoms with Gasteiger partial charge >= 0.3 is 0 Å². The van der Waals surface area contributed by atoms with Gasteiger partial charge in [0.2, 0.25) is 0 Å². The lowest BCUT2D eigenvalue weighted by Gasteiger charge is -2.03. The molecule has 3 aromatic carbocycles. The van der Waals surface area contributed by atoms with Gasteiger partial charge in [-0.15, -0.1) is 11.3 Å². The number of halogens is 2. The second-order valence-corrected chi connectivity index (χ2v) is 7.88. The van der Waals surface area contributed by atoms with Crippen LogP contribution >= 0.6 is 43.2 Å². The lowest BCUT2D eigenvalue weighted by atomic mass is 10.0. The zero-order chi connectivity index (χ0) is 14.4. The molecule has 4 rings (SSSR count). The van der Waals surface area contributed by atoms with E-state index in [1.807, 2.05) is 11.3 Å². The highest BCUT2D eigenvalue weighted by molar-refractivity contribution is 9.10. The molecule has 0 atom stereocenters. The molecular weight excluding hydrogens is 408 g/mol. The van der Waals surface area contributed by atoms with E-state index >= 15 is 0 Å². The van der Waals surface area contributed by atoms with Crippen LogP contribution in [-0.4, -0.2) is 0 Å². The van der Waals surface area contributed by atoms with Crippen LogP contribution in [0.3, 0.4) is 0 Å². The van der Waals surface area contributed by atoms with Crippen molar-refractivity contribution < 1.29 is 0 Å². The van der Waals surface area contributed by atoms with E-state index in [2.05, 4.69) is 92.5 Å². The summed E-state index contributed by atoms with van der Waals surface area (Å²) < 4.78 is 4.90. The van der Waals surface area contributed by atoms with Crippen LogP contribution in [0.4, 0.5) is 0 Å². The van der Waals surface area contributed by atoms with Crippen LogP contribution < -0.4 is 0 Å². The minimum atomic E-state index is 1.11. The van der Waals surface area contributed by atoms with Crippen molar-refractivity contribution in [3.8, 4) is 11.1 Å². The number of thiophene rings is 1. The molecule has 0 bridgehead atoms. The van der Waals surface area contributed by atoms with Gasteiger partial charge in [0, 0.05) is 29.1 Å². The summed E-state index contributed by atoms with van der Waals surface area (Å²) >= 11 is 8.97. The van der Waals surface area contributed by atoms with Crippen molar-refractivity contribution in [2.45, 2.75) is 0 Å². The van der Waals surface area contributed by atoms with Crippen molar-refractivity contribution in [2.75, 3.05) is 0 Å². The Labute approximate surface area is 143 Å². The predicted molar refractivity (Wildman–Crippen MR) is 100 cm³/mol. The van der Waals surface area contributed by atoms with E-state index < -0.39 is 0 Å². The summed E-state index contributed by atoms with van der Waals surface area (Å²) in [6.45, 7) is 0. The average molecular weight is 418 g/mol. The molecule has 3 heteroatoms. The topological polar surface area (TPSA) is 0 Å². The molecule has 0 saturated carbocycles. The first kappa shape index (κ1) is 13.5. The molecule has 0 nitrogen and oxygen atoms in total. The monoisotopic (exact) mass is 416 g/mol. The van der Waals surface area contributed by atoms with Gasteiger partial charge < -0.3 is 0 Å². The van der Waals surface area contributed by atoms with E-state index in [0.29, 0.717) is 0 Å². The fourth-order valence-electron chi connectivity index (χ4n) is 2.60. The summed E-state index contributed by atoms with van der Waals surface area (Å²) in [5.74, 6) is 0. The molecule has 0 radical (unpaired) electrons. The van der Waals surface area contributed by atoms with Gasteiger partial charge in [-0.1, -0.05) is 50.1 Å². The van der Waals surface area contributed by atoms with E-state index in [1.54, 1.807) is 0 Å². The first-order valence-corrected chi connectivity index (χ1v) is 8.99. The molecule has 0 aliphatic rings. The van der Waals surface area contributed by atoms with Crippen LogP contribution in [0.2, 0.25) is 0 Å². The van der Waals surface area contributed by atoms with Crippen molar-refractivity contribution in [1.29, 1.82) is 0 Å². The molecule has 0 aliphatic heterocycles. The van der Waals surface area contributed by atoms with Crippen LogP contribution in [0.5, 0.6) is 0 Å². The van der Waals surface area contributed by atoms with Crippen LogP contribution in [0.1, 0.15) is 0 Å². The normalized spacial score (nSPS) is 11.3. The van der Waals surface area contributed by atoms with E-state index in [4.69, 9.17) is 0 Å². The summed E-state index contributed by atoms with van der Waals surface area (Å²) in [7, 11) is 0. The molecule has 0 N–H and O–H groups in total. The molecule has 1 heterocycles. The highest BCUT2D eigenvalue weighted by Gasteiger charge is 2.07. The Hall–Kier alpha value is -1.16. The predicted octanol–water partition coefficient (Wildman–Crippen LogP) is 7.25. The standard InChI is InChI=1S/C18H10Br2S/c19-13-3-1-2-11(8-13)12-4-6-17-15(9-12)16-10-14(20)5-7-18(16)21-17/h1-10H. The van der Waals surface area contributed by atoms with Crippen molar-refractivity contribution >= 4 is 63.4 Å². The fourth-order valence-corrected chi connectivity index (χ4v) is 4.42. The Morgan fingerprint density at radius 1 is 0.619 bits per heavy atom. The third-order valence-corrected chi connectivity index (χ3v) is 5.73. The highest BCUT2D eigenvalue weighted by atomic mass is 79.9. The van der Waals surface area contributed by atoms with Gasteiger partial charge in [0.25, 0.3) is 0 Å². The molecule has 0 aliphatic carbocycles. The molecule has 21 heavy (non-hydrogen) atoms. The van der Waals surface area contributed by atoms with Crippen molar-refractivity contribution in [3.63, 3.8) is 0 Å².